The second-order valence-corrected chi connectivity index (χ2v) is 5.87. The first-order chi connectivity index (χ1) is 12.4. The number of hydrogen-bond donors (Lipinski definition) is 1. The van der Waals surface area contributed by atoms with Crippen molar-refractivity contribution in [2.45, 2.75) is 20.8 Å². The Morgan fingerprint density at radius 3 is 2.65 bits per heavy atom. The number of anilines is 2. The van der Waals surface area contributed by atoms with Crippen molar-refractivity contribution in [2.75, 3.05) is 5.32 Å². The molecule has 0 atom stereocenters. The molecule has 0 radical (unpaired) electrons. The Balaban J connectivity index is 1.97. The van der Waals surface area contributed by atoms with Crippen molar-refractivity contribution < 1.29 is 9.72 Å². The summed E-state index contributed by atoms with van der Waals surface area (Å²) in [6.45, 7) is 5.34. The topological polar surface area (TPSA) is 116 Å². The van der Waals surface area contributed by atoms with E-state index in [-0.39, 0.29) is 11.6 Å². The van der Waals surface area contributed by atoms with Crippen LogP contribution in [0.5, 0.6) is 0 Å². The van der Waals surface area contributed by atoms with Crippen LogP contribution < -0.4 is 5.32 Å². The van der Waals surface area contributed by atoms with E-state index < -0.39 is 4.92 Å². The van der Waals surface area contributed by atoms with Gasteiger partial charge in [-0.05, 0) is 32.4 Å². The normalized spacial score (nSPS) is 10.6. The van der Waals surface area contributed by atoms with Crippen LogP contribution >= 0.6 is 0 Å². The number of aldehydes is 1. The minimum absolute atomic E-state index is 0.0156. The van der Waals surface area contributed by atoms with Gasteiger partial charge in [0.2, 0.25) is 5.95 Å². The van der Waals surface area contributed by atoms with Crippen molar-refractivity contribution >= 4 is 23.6 Å². The van der Waals surface area contributed by atoms with Crippen molar-refractivity contribution in [3.63, 3.8) is 0 Å². The maximum atomic E-state index is 11.0. The lowest BCUT2D eigenvalue weighted by atomic mass is 10.2. The van der Waals surface area contributed by atoms with Crippen LogP contribution in [0.15, 0.2) is 30.6 Å². The van der Waals surface area contributed by atoms with Gasteiger partial charge in [0.05, 0.1) is 16.2 Å². The average molecular weight is 352 g/mol. The van der Waals surface area contributed by atoms with Crippen LogP contribution in [-0.4, -0.2) is 31.0 Å². The number of nitrogens with one attached hydrogen (secondary N) is 1. The van der Waals surface area contributed by atoms with E-state index in [1.54, 1.807) is 32.3 Å². The maximum Gasteiger partial charge on any atom is 0.271 e. The standard InChI is InChI=1S/C17H16N6O3/c1-10-4-14(6-15(5-10)23(25)26)19-17-18-7-11(2)16(20-17)22-8-13(9-24)12(3)21-22/h4-9H,1-3H3,(H,18,19,20). The molecular weight excluding hydrogens is 336 g/mol. The number of rotatable bonds is 5. The summed E-state index contributed by atoms with van der Waals surface area (Å²) in [7, 11) is 0. The molecule has 0 aliphatic heterocycles. The summed E-state index contributed by atoms with van der Waals surface area (Å²) in [6, 6.07) is 4.66. The van der Waals surface area contributed by atoms with Crippen LogP contribution in [0, 0.1) is 30.9 Å². The Labute approximate surface area is 148 Å². The van der Waals surface area contributed by atoms with Crippen LogP contribution in [-0.2, 0) is 0 Å². The molecule has 2 aromatic heterocycles. The molecule has 9 nitrogen and oxygen atoms in total. The Bertz CT molecular complexity index is 1010. The molecular formula is C17H16N6O3. The molecule has 0 aliphatic rings. The van der Waals surface area contributed by atoms with Crippen LogP contribution in [0.4, 0.5) is 17.3 Å². The number of aryl methyl sites for hydroxylation is 3. The fraction of sp³-hybridized carbons (Fsp3) is 0.176. The number of carbonyl (C=O) groups excluding carboxylic acids is 1. The summed E-state index contributed by atoms with van der Waals surface area (Å²) in [5, 5.41) is 18.3. The lowest BCUT2D eigenvalue weighted by Crippen LogP contribution is -2.06. The molecule has 0 saturated carbocycles. The Morgan fingerprint density at radius 2 is 2.00 bits per heavy atom. The van der Waals surface area contributed by atoms with Gasteiger partial charge >= 0.3 is 0 Å². The number of nitro groups is 1. The molecule has 0 saturated heterocycles. The summed E-state index contributed by atoms with van der Waals surface area (Å²) in [5.41, 5.74) is 3.08. The SMILES string of the molecule is Cc1cc(Nc2ncc(C)c(-n3cc(C=O)c(C)n3)n2)cc([N+](=O)[O-])c1. The molecule has 3 aromatic rings. The van der Waals surface area contributed by atoms with E-state index in [1.807, 2.05) is 6.92 Å². The van der Waals surface area contributed by atoms with E-state index in [4.69, 9.17) is 0 Å². The van der Waals surface area contributed by atoms with Crippen LogP contribution in [0.1, 0.15) is 27.2 Å². The van der Waals surface area contributed by atoms with Crippen LogP contribution in [0.3, 0.4) is 0 Å². The molecule has 132 valence electrons. The summed E-state index contributed by atoms with van der Waals surface area (Å²) in [4.78, 5) is 30.2. The maximum absolute atomic E-state index is 11.0. The van der Waals surface area contributed by atoms with E-state index in [9.17, 15) is 14.9 Å². The van der Waals surface area contributed by atoms with E-state index in [2.05, 4.69) is 20.4 Å². The zero-order chi connectivity index (χ0) is 18.8. The van der Waals surface area contributed by atoms with Crippen molar-refractivity contribution in [1.29, 1.82) is 0 Å². The van der Waals surface area contributed by atoms with Crippen molar-refractivity contribution in [3.8, 4) is 5.82 Å². The third-order valence-corrected chi connectivity index (χ3v) is 3.75. The lowest BCUT2D eigenvalue weighted by molar-refractivity contribution is -0.384. The molecule has 0 unspecified atom stereocenters. The van der Waals surface area contributed by atoms with E-state index >= 15 is 0 Å². The number of aromatic nitrogens is 4. The van der Waals surface area contributed by atoms with Crippen LogP contribution in [0.2, 0.25) is 0 Å². The number of benzene rings is 1. The molecule has 0 aliphatic carbocycles. The lowest BCUT2D eigenvalue weighted by Gasteiger charge is -2.09. The number of nitrogens with zero attached hydrogens (tertiary/aromatic N) is 5. The quantitative estimate of drug-likeness (QED) is 0.426. The Hall–Kier alpha value is -3.62. The summed E-state index contributed by atoms with van der Waals surface area (Å²) < 4.78 is 1.51. The predicted molar refractivity (Wildman–Crippen MR) is 95.1 cm³/mol. The van der Waals surface area contributed by atoms with Crippen molar-refractivity contribution in [3.05, 3.63) is 63.1 Å². The van der Waals surface area contributed by atoms with E-state index in [0.29, 0.717) is 22.8 Å². The van der Waals surface area contributed by atoms with Gasteiger partial charge in [-0.25, -0.2) is 9.67 Å². The molecule has 26 heavy (non-hydrogen) atoms. The molecule has 1 aromatic carbocycles. The molecule has 0 fully saturated rings. The minimum Gasteiger partial charge on any atom is -0.324 e. The van der Waals surface area contributed by atoms with Crippen LogP contribution in [0.25, 0.3) is 5.82 Å². The van der Waals surface area contributed by atoms with Gasteiger partial charge in [0.25, 0.3) is 5.69 Å². The fourth-order valence-corrected chi connectivity index (χ4v) is 2.49. The second kappa shape index (κ2) is 6.71. The van der Waals surface area contributed by atoms with Gasteiger partial charge in [-0.3, -0.25) is 14.9 Å². The summed E-state index contributed by atoms with van der Waals surface area (Å²) >= 11 is 0. The van der Waals surface area contributed by atoms with Gasteiger partial charge in [0.15, 0.2) is 12.1 Å². The van der Waals surface area contributed by atoms with E-state index in [1.165, 1.54) is 16.8 Å². The largest absolute Gasteiger partial charge is 0.324 e. The second-order valence-electron chi connectivity index (χ2n) is 5.87. The summed E-state index contributed by atoms with van der Waals surface area (Å²) in [6.07, 6.45) is 3.95. The number of carbonyl (C=O) groups is 1. The fourth-order valence-electron chi connectivity index (χ4n) is 2.49. The predicted octanol–water partition coefficient (Wildman–Crippen LogP) is 3.05. The molecule has 2 heterocycles. The number of hydrogen-bond acceptors (Lipinski definition) is 7. The van der Waals surface area contributed by atoms with E-state index in [0.717, 1.165) is 17.4 Å². The average Bonchev–Trinajstić information content (AvgIpc) is 2.96. The Morgan fingerprint density at radius 1 is 1.23 bits per heavy atom. The van der Waals surface area contributed by atoms with Gasteiger partial charge < -0.3 is 5.32 Å². The molecule has 0 amide bonds. The third kappa shape index (κ3) is 3.41. The molecule has 1 N–H and O–H groups in total. The van der Waals surface area contributed by atoms with Gasteiger partial charge in [0, 0.05) is 35.8 Å². The third-order valence-electron chi connectivity index (χ3n) is 3.75. The first kappa shape index (κ1) is 17.2. The first-order valence-corrected chi connectivity index (χ1v) is 7.76. The van der Waals surface area contributed by atoms with Gasteiger partial charge in [0.1, 0.15) is 0 Å². The van der Waals surface area contributed by atoms with Gasteiger partial charge in [-0.15, -0.1) is 0 Å². The highest BCUT2D eigenvalue weighted by Gasteiger charge is 2.12. The monoisotopic (exact) mass is 352 g/mol. The number of nitro benzene ring substituents is 1. The smallest absolute Gasteiger partial charge is 0.271 e. The zero-order valence-electron chi connectivity index (χ0n) is 14.4. The summed E-state index contributed by atoms with van der Waals surface area (Å²) in [5.74, 6) is 0.784. The van der Waals surface area contributed by atoms with Gasteiger partial charge in [-0.2, -0.15) is 10.1 Å². The minimum atomic E-state index is -0.451. The highest BCUT2D eigenvalue weighted by Crippen LogP contribution is 2.23. The highest BCUT2D eigenvalue weighted by atomic mass is 16.6. The van der Waals surface area contributed by atoms with Gasteiger partial charge in [-0.1, -0.05) is 0 Å². The zero-order valence-corrected chi connectivity index (χ0v) is 14.4. The highest BCUT2D eigenvalue weighted by molar-refractivity contribution is 5.76. The molecule has 3 rings (SSSR count). The molecule has 0 bridgehead atoms. The number of non-ortho nitro benzene ring substituents is 1. The Kier molecular flexibility index (Phi) is 4.44. The van der Waals surface area contributed by atoms with Crippen molar-refractivity contribution in [1.82, 2.24) is 19.7 Å². The molecule has 0 spiro atoms. The van der Waals surface area contributed by atoms with Crippen molar-refractivity contribution in [2.24, 2.45) is 0 Å². The molecule has 9 heteroatoms. The first-order valence-electron chi connectivity index (χ1n) is 7.76.